The van der Waals surface area contributed by atoms with E-state index in [1.807, 2.05) is 65.6 Å². The predicted molar refractivity (Wildman–Crippen MR) is 147 cm³/mol. The molecule has 36 heavy (non-hydrogen) atoms. The minimum absolute atomic E-state index is 0.000443. The van der Waals surface area contributed by atoms with Gasteiger partial charge in [-0.05, 0) is 42.3 Å². The molecule has 6 nitrogen and oxygen atoms in total. The maximum atomic E-state index is 12.7. The number of nitrogens with zero attached hydrogens (tertiary/aromatic N) is 2. The Labute approximate surface area is 221 Å². The molecule has 2 aromatic rings. The normalized spacial score (nSPS) is 17.7. The number of anilines is 1. The number of hydrogen-bond donors (Lipinski definition) is 1. The Kier molecular flexibility index (Phi) is 9.01. The number of carbonyl (C=O) groups is 2. The van der Waals surface area contributed by atoms with E-state index >= 15 is 0 Å². The van der Waals surface area contributed by atoms with E-state index in [-0.39, 0.29) is 24.3 Å². The molecular formula is C29H32BrN3O3. The highest BCUT2D eigenvalue weighted by molar-refractivity contribution is 9.11. The van der Waals surface area contributed by atoms with E-state index in [0.717, 1.165) is 41.0 Å². The fraction of sp³-hybridized carbons (Fsp3) is 0.310. The molecule has 0 spiro atoms. The lowest BCUT2D eigenvalue weighted by molar-refractivity contribution is -0.132. The van der Waals surface area contributed by atoms with Crippen LogP contribution in [0.2, 0.25) is 0 Å². The van der Waals surface area contributed by atoms with E-state index in [1.165, 1.54) is 0 Å². The van der Waals surface area contributed by atoms with Gasteiger partial charge in [-0.1, -0.05) is 71.4 Å². The van der Waals surface area contributed by atoms with Crippen molar-refractivity contribution < 1.29 is 14.3 Å². The van der Waals surface area contributed by atoms with Crippen LogP contribution in [0.1, 0.15) is 18.9 Å². The fourth-order valence-corrected chi connectivity index (χ4v) is 4.83. The fourth-order valence-electron chi connectivity index (χ4n) is 4.22. The van der Waals surface area contributed by atoms with Crippen LogP contribution in [0.3, 0.4) is 0 Å². The second kappa shape index (κ2) is 12.6. The van der Waals surface area contributed by atoms with Gasteiger partial charge in [0.1, 0.15) is 12.4 Å². The van der Waals surface area contributed by atoms with E-state index in [2.05, 4.69) is 45.2 Å². The van der Waals surface area contributed by atoms with E-state index in [4.69, 9.17) is 4.74 Å². The number of piperazine rings is 1. The Morgan fingerprint density at radius 1 is 1.00 bits per heavy atom. The van der Waals surface area contributed by atoms with Gasteiger partial charge in [-0.25, -0.2) is 0 Å². The minimum atomic E-state index is -0.235. The molecule has 1 heterocycles. The van der Waals surface area contributed by atoms with Crippen LogP contribution in [0.15, 0.2) is 89.0 Å². The molecule has 0 bridgehead atoms. The van der Waals surface area contributed by atoms with Crippen molar-refractivity contribution in [1.82, 2.24) is 10.2 Å². The van der Waals surface area contributed by atoms with Crippen LogP contribution < -0.4 is 15.0 Å². The Hall–Kier alpha value is -3.32. The zero-order valence-corrected chi connectivity index (χ0v) is 22.1. The summed E-state index contributed by atoms with van der Waals surface area (Å²) < 4.78 is 6.92. The summed E-state index contributed by atoms with van der Waals surface area (Å²) in [4.78, 5) is 29.3. The number of halogens is 1. The summed E-state index contributed by atoms with van der Waals surface area (Å²) >= 11 is 3.56. The molecule has 1 N–H and O–H groups in total. The first-order chi connectivity index (χ1) is 17.5. The Balaban J connectivity index is 1.21. The quantitative estimate of drug-likeness (QED) is 0.512. The standard InChI is InChI=1S/C29H32BrN3O3/c1-2-23-8-9-24(10-15-27(23)30)29(35)31-20-28(34)33-18-16-32(17-19-33)25-11-13-26(14-12-25)36-21-22-6-4-3-5-7-22/h3-15,23H,2,16-21H2,1H3,(H,31,35). The van der Waals surface area contributed by atoms with Crippen molar-refractivity contribution in [2.24, 2.45) is 5.92 Å². The lowest BCUT2D eigenvalue weighted by atomic mass is 10.1. The van der Waals surface area contributed by atoms with Crippen molar-refractivity contribution in [2.75, 3.05) is 37.6 Å². The number of benzene rings is 2. The monoisotopic (exact) mass is 549 g/mol. The maximum Gasteiger partial charge on any atom is 0.251 e. The van der Waals surface area contributed by atoms with Gasteiger partial charge in [-0.2, -0.15) is 0 Å². The van der Waals surface area contributed by atoms with E-state index in [9.17, 15) is 9.59 Å². The highest BCUT2D eigenvalue weighted by Crippen LogP contribution is 2.26. The van der Waals surface area contributed by atoms with Crippen molar-refractivity contribution in [2.45, 2.75) is 20.0 Å². The average Bonchev–Trinajstić information content (AvgIpc) is 3.12. The summed E-state index contributed by atoms with van der Waals surface area (Å²) in [7, 11) is 0. The van der Waals surface area contributed by atoms with Gasteiger partial charge in [0.05, 0.1) is 6.54 Å². The number of rotatable bonds is 8. The first kappa shape index (κ1) is 25.8. The Bertz CT molecular complexity index is 1130. The Morgan fingerprint density at radius 2 is 1.72 bits per heavy atom. The summed E-state index contributed by atoms with van der Waals surface area (Å²) in [5, 5.41) is 2.78. The van der Waals surface area contributed by atoms with E-state index in [1.54, 1.807) is 6.08 Å². The summed E-state index contributed by atoms with van der Waals surface area (Å²) in [6.45, 7) is 5.38. The van der Waals surface area contributed by atoms with Gasteiger partial charge in [0.2, 0.25) is 5.91 Å². The molecule has 2 aliphatic rings. The van der Waals surface area contributed by atoms with Crippen molar-refractivity contribution in [3.8, 4) is 5.75 Å². The molecule has 1 atom stereocenters. The van der Waals surface area contributed by atoms with Crippen LogP contribution in [0.5, 0.6) is 5.75 Å². The molecule has 2 amide bonds. The SMILES string of the molecule is CCC1C=CC(C(=O)NCC(=O)N2CCN(c3ccc(OCc4ccccc4)cc3)CC2)=CC=C1Br. The minimum Gasteiger partial charge on any atom is -0.489 e. The van der Waals surface area contributed by atoms with E-state index in [0.29, 0.717) is 25.3 Å². The van der Waals surface area contributed by atoms with Crippen LogP contribution in [0, 0.1) is 5.92 Å². The second-order valence-electron chi connectivity index (χ2n) is 8.87. The number of nitrogens with one attached hydrogen (secondary N) is 1. The zero-order valence-electron chi connectivity index (χ0n) is 20.5. The van der Waals surface area contributed by atoms with Crippen LogP contribution >= 0.6 is 15.9 Å². The molecule has 188 valence electrons. The number of carbonyl (C=O) groups excluding carboxylic acids is 2. The van der Waals surface area contributed by atoms with Gasteiger partial charge in [0, 0.05) is 47.8 Å². The summed E-state index contributed by atoms with van der Waals surface area (Å²) in [5.41, 5.74) is 2.80. The number of hydrogen-bond acceptors (Lipinski definition) is 4. The van der Waals surface area contributed by atoms with Crippen molar-refractivity contribution in [3.05, 3.63) is 94.5 Å². The van der Waals surface area contributed by atoms with Crippen LogP contribution in [-0.2, 0) is 16.2 Å². The molecule has 1 aliphatic carbocycles. The highest BCUT2D eigenvalue weighted by Gasteiger charge is 2.22. The lowest BCUT2D eigenvalue weighted by Gasteiger charge is -2.36. The van der Waals surface area contributed by atoms with Gasteiger partial charge in [-0.15, -0.1) is 0 Å². The first-order valence-corrected chi connectivity index (χ1v) is 13.2. The van der Waals surface area contributed by atoms with E-state index < -0.39 is 0 Å². The third kappa shape index (κ3) is 6.88. The topological polar surface area (TPSA) is 61.9 Å². The molecule has 0 aromatic heterocycles. The molecule has 0 radical (unpaired) electrons. The molecule has 0 saturated carbocycles. The summed E-state index contributed by atoms with van der Waals surface area (Å²) in [6.07, 6.45) is 8.49. The van der Waals surface area contributed by atoms with Crippen LogP contribution in [0.25, 0.3) is 0 Å². The largest absolute Gasteiger partial charge is 0.489 e. The van der Waals surface area contributed by atoms with Crippen molar-refractivity contribution in [1.29, 1.82) is 0 Å². The Morgan fingerprint density at radius 3 is 2.42 bits per heavy atom. The molecule has 1 fully saturated rings. The molecule has 2 aromatic carbocycles. The van der Waals surface area contributed by atoms with Crippen molar-refractivity contribution >= 4 is 33.4 Å². The number of ether oxygens (including phenoxy) is 1. The summed E-state index contributed by atoms with van der Waals surface area (Å²) in [6, 6.07) is 18.2. The second-order valence-corrected chi connectivity index (χ2v) is 9.78. The average molecular weight is 550 g/mol. The highest BCUT2D eigenvalue weighted by atomic mass is 79.9. The van der Waals surface area contributed by atoms with Gasteiger partial charge < -0.3 is 19.9 Å². The van der Waals surface area contributed by atoms with Gasteiger partial charge in [0.15, 0.2) is 0 Å². The zero-order chi connectivity index (χ0) is 25.3. The summed E-state index contributed by atoms with van der Waals surface area (Å²) in [5.74, 6) is 0.802. The molecule has 1 unspecified atom stereocenters. The molecule has 7 heteroatoms. The molecule has 4 rings (SSSR count). The van der Waals surface area contributed by atoms with Crippen LogP contribution in [-0.4, -0.2) is 49.4 Å². The van der Waals surface area contributed by atoms with Gasteiger partial charge in [-0.3, -0.25) is 9.59 Å². The number of amides is 2. The smallest absolute Gasteiger partial charge is 0.251 e. The maximum absolute atomic E-state index is 12.7. The third-order valence-electron chi connectivity index (χ3n) is 6.47. The predicted octanol–water partition coefficient (Wildman–Crippen LogP) is 4.83. The first-order valence-electron chi connectivity index (χ1n) is 12.4. The number of allylic oxidation sites excluding steroid dienone is 4. The van der Waals surface area contributed by atoms with Crippen LogP contribution in [0.4, 0.5) is 5.69 Å². The van der Waals surface area contributed by atoms with Gasteiger partial charge in [0.25, 0.3) is 5.91 Å². The molecular weight excluding hydrogens is 518 g/mol. The van der Waals surface area contributed by atoms with Gasteiger partial charge >= 0.3 is 0 Å². The molecule has 1 saturated heterocycles. The third-order valence-corrected chi connectivity index (χ3v) is 7.32. The van der Waals surface area contributed by atoms with Crippen molar-refractivity contribution in [3.63, 3.8) is 0 Å². The lowest BCUT2D eigenvalue weighted by Crippen LogP contribution is -2.51. The molecule has 1 aliphatic heterocycles.